The van der Waals surface area contributed by atoms with E-state index in [1.165, 1.54) is 42.5 Å². The van der Waals surface area contributed by atoms with Crippen molar-refractivity contribution in [3.8, 4) is 11.3 Å². The third-order valence-electron chi connectivity index (χ3n) is 3.77. The van der Waals surface area contributed by atoms with Crippen LogP contribution in [0.15, 0.2) is 71.2 Å². The number of amides is 2. The molecule has 0 aliphatic heterocycles. The maximum absolute atomic E-state index is 13.7. The van der Waals surface area contributed by atoms with E-state index in [0.29, 0.717) is 22.6 Å². The number of nitrogens with one attached hydrogen (secondary N) is 2. The molecule has 2 aromatic carbocycles. The van der Waals surface area contributed by atoms with Crippen LogP contribution < -0.4 is 10.9 Å². The van der Waals surface area contributed by atoms with Crippen LogP contribution >= 0.6 is 0 Å². The van der Waals surface area contributed by atoms with Gasteiger partial charge in [-0.1, -0.05) is 24.3 Å². The van der Waals surface area contributed by atoms with E-state index in [0.717, 1.165) is 0 Å². The molecule has 0 saturated heterocycles. The van der Waals surface area contributed by atoms with Gasteiger partial charge in [0, 0.05) is 6.08 Å². The summed E-state index contributed by atoms with van der Waals surface area (Å²) in [5.41, 5.74) is 5.42. The lowest BCUT2D eigenvalue weighted by Gasteiger charge is -2.05. The maximum Gasteiger partial charge on any atom is 0.262 e. The Morgan fingerprint density at radius 1 is 0.929 bits per heavy atom. The molecule has 5 nitrogen and oxygen atoms in total. The number of benzene rings is 2. The zero-order chi connectivity index (χ0) is 19.9. The Morgan fingerprint density at radius 2 is 1.68 bits per heavy atom. The number of carbonyl (C=O) groups is 2. The Kier molecular flexibility index (Phi) is 5.96. The molecule has 1 heterocycles. The summed E-state index contributed by atoms with van der Waals surface area (Å²) in [6.07, 6.45) is 2.56. The fourth-order valence-electron chi connectivity index (χ4n) is 2.41. The van der Waals surface area contributed by atoms with Crippen LogP contribution in [0.1, 0.15) is 11.3 Å². The number of halogens is 2. The summed E-state index contributed by atoms with van der Waals surface area (Å²) in [7, 11) is 0. The molecule has 2 amide bonds. The molecule has 7 heteroatoms. The van der Waals surface area contributed by atoms with Gasteiger partial charge in [0.2, 0.25) is 5.91 Å². The second-order valence-electron chi connectivity index (χ2n) is 5.86. The topological polar surface area (TPSA) is 71.3 Å². The average molecular weight is 382 g/mol. The second-order valence-corrected chi connectivity index (χ2v) is 5.86. The van der Waals surface area contributed by atoms with Crippen molar-refractivity contribution in [3.05, 3.63) is 89.7 Å². The number of furan rings is 1. The average Bonchev–Trinajstić information content (AvgIpc) is 3.16. The number of hydrogen-bond acceptors (Lipinski definition) is 3. The van der Waals surface area contributed by atoms with Gasteiger partial charge in [-0.3, -0.25) is 20.4 Å². The van der Waals surface area contributed by atoms with E-state index in [1.807, 2.05) is 0 Å². The smallest absolute Gasteiger partial charge is 0.262 e. The standard InChI is InChI=1S/C21H16F2N2O3/c22-15-7-5-14(6-8-15)13-21(27)25-24-20(26)12-10-16-9-11-19(28-16)17-3-1-2-4-18(17)23/h1-12H,13H2,(H,24,26)(H,25,27)/b12-10+. The molecule has 0 saturated carbocycles. The number of rotatable bonds is 5. The van der Waals surface area contributed by atoms with Gasteiger partial charge in [-0.05, 0) is 48.0 Å². The molecule has 0 atom stereocenters. The molecule has 0 aliphatic rings. The monoisotopic (exact) mass is 382 g/mol. The van der Waals surface area contributed by atoms with Gasteiger partial charge in [-0.25, -0.2) is 8.78 Å². The van der Waals surface area contributed by atoms with Crippen LogP contribution in [0.2, 0.25) is 0 Å². The van der Waals surface area contributed by atoms with Gasteiger partial charge in [0.05, 0.1) is 12.0 Å². The largest absolute Gasteiger partial charge is 0.457 e. The van der Waals surface area contributed by atoms with Crippen molar-refractivity contribution < 1.29 is 22.8 Å². The Balaban J connectivity index is 1.51. The van der Waals surface area contributed by atoms with Crippen LogP contribution in [-0.2, 0) is 16.0 Å². The van der Waals surface area contributed by atoms with E-state index in [-0.39, 0.29) is 6.42 Å². The zero-order valence-electron chi connectivity index (χ0n) is 14.6. The van der Waals surface area contributed by atoms with Crippen molar-refractivity contribution in [2.24, 2.45) is 0 Å². The first kappa shape index (κ1) is 19.0. The van der Waals surface area contributed by atoms with Crippen LogP contribution in [0.4, 0.5) is 8.78 Å². The molecular formula is C21H16F2N2O3. The van der Waals surface area contributed by atoms with Crippen molar-refractivity contribution in [2.75, 3.05) is 0 Å². The Labute approximate surface area is 159 Å². The van der Waals surface area contributed by atoms with Gasteiger partial charge in [-0.2, -0.15) is 0 Å². The van der Waals surface area contributed by atoms with E-state index in [9.17, 15) is 18.4 Å². The first-order valence-electron chi connectivity index (χ1n) is 8.37. The van der Waals surface area contributed by atoms with Crippen molar-refractivity contribution in [2.45, 2.75) is 6.42 Å². The van der Waals surface area contributed by atoms with Crippen molar-refractivity contribution in [3.63, 3.8) is 0 Å². The predicted octanol–water partition coefficient (Wildman–Crippen LogP) is 3.63. The summed E-state index contributed by atoms with van der Waals surface area (Å²) >= 11 is 0. The minimum atomic E-state index is -0.573. The van der Waals surface area contributed by atoms with Gasteiger partial charge in [0.25, 0.3) is 5.91 Å². The van der Waals surface area contributed by atoms with Crippen LogP contribution in [0, 0.1) is 11.6 Å². The van der Waals surface area contributed by atoms with E-state index in [4.69, 9.17) is 4.42 Å². The fraction of sp³-hybridized carbons (Fsp3) is 0.0476. The van der Waals surface area contributed by atoms with Gasteiger partial charge in [0.15, 0.2) is 0 Å². The second kappa shape index (κ2) is 8.77. The van der Waals surface area contributed by atoms with Crippen molar-refractivity contribution >= 4 is 17.9 Å². The molecule has 142 valence electrons. The third kappa shape index (κ3) is 5.14. The summed E-state index contributed by atoms with van der Waals surface area (Å²) in [5.74, 6) is -1.13. The molecular weight excluding hydrogens is 366 g/mol. The predicted molar refractivity (Wildman–Crippen MR) is 99.5 cm³/mol. The fourth-order valence-corrected chi connectivity index (χ4v) is 2.41. The Morgan fingerprint density at radius 3 is 2.43 bits per heavy atom. The number of carbonyl (C=O) groups excluding carboxylic acids is 2. The summed E-state index contributed by atoms with van der Waals surface area (Å²) in [4.78, 5) is 23.6. The molecule has 0 spiro atoms. The molecule has 0 fully saturated rings. The molecule has 28 heavy (non-hydrogen) atoms. The molecule has 0 bridgehead atoms. The lowest BCUT2D eigenvalue weighted by atomic mass is 10.1. The van der Waals surface area contributed by atoms with Crippen LogP contribution in [0.5, 0.6) is 0 Å². The first-order chi connectivity index (χ1) is 13.5. The molecule has 3 aromatic rings. The van der Waals surface area contributed by atoms with E-state index < -0.39 is 23.4 Å². The third-order valence-corrected chi connectivity index (χ3v) is 3.77. The van der Waals surface area contributed by atoms with E-state index in [1.54, 1.807) is 30.3 Å². The normalized spacial score (nSPS) is 10.8. The lowest BCUT2D eigenvalue weighted by molar-refractivity contribution is -0.126. The summed E-state index contributed by atoms with van der Waals surface area (Å²) in [6.45, 7) is 0. The highest BCUT2D eigenvalue weighted by molar-refractivity contribution is 5.93. The maximum atomic E-state index is 13.7. The van der Waals surface area contributed by atoms with Gasteiger partial charge in [0.1, 0.15) is 23.2 Å². The highest BCUT2D eigenvalue weighted by atomic mass is 19.1. The van der Waals surface area contributed by atoms with Crippen LogP contribution in [0.25, 0.3) is 17.4 Å². The van der Waals surface area contributed by atoms with Gasteiger partial charge >= 0.3 is 0 Å². The molecule has 1 aromatic heterocycles. The zero-order valence-corrected chi connectivity index (χ0v) is 14.6. The Hall–Kier alpha value is -3.74. The number of hydrazine groups is 1. The minimum absolute atomic E-state index is 0.00550. The number of hydrogen-bond donors (Lipinski definition) is 2. The molecule has 0 aliphatic carbocycles. The molecule has 0 unspecified atom stereocenters. The molecule has 0 radical (unpaired) electrons. The van der Waals surface area contributed by atoms with Crippen LogP contribution in [-0.4, -0.2) is 11.8 Å². The quantitative estimate of drug-likeness (QED) is 0.523. The summed E-state index contributed by atoms with van der Waals surface area (Å²) in [5, 5.41) is 0. The molecule has 3 rings (SSSR count). The van der Waals surface area contributed by atoms with Gasteiger partial charge in [-0.15, -0.1) is 0 Å². The van der Waals surface area contributed by atoms with E-state index >= 15 is 0 Å². The van der Waals surface area contributed by atoms with Crippen molar-refractivity contribution in [1.29, 1.82) is 0 Å². The minimum Gasteiger partial charge on any atom is -0.457 e. The highest BCUT2D eigenvalue weighted by Gasteiger charge is 2.08. The lowest BCUT2D eigenvalue weighted by Crippen LogP contribution is -2.41. The molecule has 2 N–H and O–H groups in total. The Bertz CT molecular complexity index is 1010. The summed E-state index contributed by atoms with van der Waals surface area (Å²) in [6, 6.07) is 14.9. The van der Waals surface area contributed by atoms with Crippen molar-refractivity contribution in [1.82, 2.24) is 10.9 Å². The van der Waals surface area contributed by atoms with Crippen LogP contribution in [0.3, 0.4) is 0 Å². The van der Waals surface area contributed by atoms with E-state index in [2.05, 4.69) is 10.9 Å². The first-order valence-corrected chi connectivity index (χ1v) is 8.37. The highest BCUT2D eigenvalue weighted by Crippen LogP contribution is 2.25. The summed E-state index contributed by atoms with van der Waals surface area (Å²) < 4.78 is 32.1. The SMILES string of the molecule is O=C(/C=C/c1ccc(-c2ccccc2F)o1)NNC(=O)Cc1ccc(F)cc1. The van der Waals surface area contributed by atoms with Gasteiger partial charge < -0.3 is 4.42 Å².